The molecule has 14 nitrogen and oxygen atoms in total. The van der Waals surface area contributed by atoms with E-state index in [-0.39, 0.29) is 13.0 Å². The van der Waals surface area contributed by atoms with Crippen molar-refractivity contribution in [2.75, 3.05) is 33.5 Å². The van der Waals surface area contributed by atoms with Gasteiger partial charge in [-0.15, -0.1) is 0 Å². The summed E-state index contributed by atoms with van der Waals surface area (Å²) in [6.07, 6.45) is -17.0. The number of methoxy groups -OCH3 is 1. The van der Waals surface area contributed by atoms with Crippen molar-refractivity contribution in [1.82, 2.24) is 0 Å². The molecule has 0 spiro atoms. The van der Waals surface area contributed by atoms with Crippen molar-refractivity contribution in [2.45, 2.75) is 87.0 Å². The highest BCUT2D eigenvalue weighted by molar-refractivity contribution is 4.93. The van der Waals surface area contributed by atoms with Gasteiger partial charge in [0.1, 0.15) is 36.6 Å². The number of rotatable bonds is 12. The van der Waals surface area contributed by atoms with Crippen molar-refractivity contribution in [1.29, 1.82) is 0 Å². The van der Waals surface area contributed by atoms with Gasteiger partial charge in [-0.2, -0.15) is 0 Å². The van der Waals surface area contributed by atoms with Crippen LogP contribution >= 0.6 is 0 Å². The summed E-state index contributed by atoms with van der Waals surface area (Å²) >= 11 is 0. The Bertz CT molecular complexity index is 583. The van der Waals surface area contributed by atoms with Gasteiger partial charge in [0.05, 0.1) is 50.8 Å². The molecule has 0 amide bonds. The summed E-state index contributed by atoms with van der Waals surface area (Å²) in [7, 11) is 1.32. The van der Waals surface area contributed by atoms with E-state index in [0.29, 0.717) is 0 Å². The van der Waals surface area contributed by atoms with E-state index in [1.807, 2.05) is 0 Å². The van der Waals surface area contributed by atoms with Gasteiger partial charge in [0.2, 0.25) is 0 Å². The van der Waals surface area contributed by atoms with Crippen molar-refractivity contribution in [3.63, 3.8) is 0 Å². The molecule has 0 aromatic carbocycles. The van der Waals surface area contributed by atoms with E-state index in [1.165, 1.54) is 14.0 Å². The molecule has 14 heteroatoms. The molecule has 0 radical (unpaired) electrons. The van der Waals surface area contributed by atoms with Crippen LogP contribution in [-0.2, 0) is 23.7 Å². The first-order chi connectivity index (χ1) is 16.1. The molecule has 2 saturated heterocycles. The summed E-state index contributed by atoms with van der Waals surface area (Å²) in [6, 6.07) is 0. The molecule has 2 aliphatic heterocycles. The van der Waals surface area contributed by atoms with Gasteiger partial charge >= 0.3 is 0 Å². The fraction of sp³-hybridized carbons (Fsp3) is 1.00. The SMILES string of the molecule is COC[C@@H](O)C(OC1OC(CO)C(O)C(OC2OC(CO)C[C@@H](O)C2O)C1O)C(C)[C@H](O)CO. The number of hydrogen-bond donors (Lipinski definition) is 9. The fourth-order valence-corrected chi connectivity index (χ4v) is 4.00. The third-order valence-corrected chi connectivity index (χ3v) is 6.14. The van der Waals surface area contributed by atoms with Gasteiger partial charge in [-0.1, -0.05) is 6.92 Å². The summed E-state index contributed by atoms with van der Waals surface area (Å²) in [5, 5.41) is 90.4. The molecule has 0 aromatic heterocycles. The molecule has 34 heavy (non-hydrogen) atoms. The van der Waals surface area contributed by atoms with Crippen molar-refractivity contribution in [3.8, 4) is 0 Å². The van der Waals surface area contributed by atoms with Crippen LogP contribution in [0.3, 0.4) is 0 Å². The number of ether oxygens (including phenoxy) is 5. The molecular formula is C20H38O14. The summed E-state index contributed by atoms with van der Waals surface area (Å²) in [4.78, 5) is 0. The van der Waals surface area contributed by atoms with Crippen LogP contribution in [0.2, 0.25) is 0 Å². The highest BCUT2D eigenvalue weighted by Crippen LogP contribution is 2.31. The van der Waals surface area contributed by atoms with Crippen LogP contribution in [0.1, 0.15) is 13.3 Å². The van der Waals surface area contributed by atoms with Crippen LogP contribution < -0.4 is 0 Å². The monoisotopic (exact) mass is 502 g/mol. The van der Waals surface area contributed by atoms with E-state index >= 15 is 0 Å². The maximum atomic E-state index is 10.9. The smallest absolute Gasteiger partial charge is 0.187 e. The van der Waals surface area contributed by atoms with E-state index < -0.39 is 99.4 Å². The third-order valence-electron chi connectivity index (χ3n) is 6.14. The van der Waals surface area contributed by atoms with Gasteiger partial charge in [-0.25, -0.2) is 0 Å². The molecule has 2 fully saturated rings. The predicted molar refractivity (Wildman–Crippen MR) is 110 cm³/mol. The molecule has 0 bridgehead atoms. The molecule has 9 N–H and O–H groups in total. The molecule has 13 atom stereocenters. The van der Waals surface area contributed by atoms with Crippen LogP contribution in [0.4, 0.5) is 0 Å². The second-order valence-corrected chi connectivity index (χ2v) is 8.64. The van der Waals surface area contributed by atoms with E-state index in [1.54, 1.807) is 0 Å². The minimum Gasteiger partial charge on any atom is -0.394 e. The zero-order chi connectivity index (χ0) is 25.6. The Balaban J connectivity index is 2.24. The quantitative estimate of drug-likeness (QED) is 0.122. The van der Waals surface area contributed by atoms with E-state index in [2.05, 4.69) is 0 Å². The Morgan fingerprint density at radius 3 is 2.12 bits per heavy atom. The zero-order valence-electron chi connectivity index (χ0n) is 19.1. The average molecular weight is 503 g/mol. The van der Waals surface area contributed by atoms with Crippen LogP contribution in [0.5, 0.6) is 0 Å². The van der Waals surface area contributed by atoms with Crippen molar-refractivity contribution < 1.29 is 69.6 Å². The molecule has 2 rings (SSSR count). The van der Waals surface area contributed by atoms with E-state index in [0.717, 1.165) is 0 Å². The standard InChI is InChI=1S/C20H38O14/c1-8(11(25)5-22)17(12(26)7-30-2)33-20-16(29)18(15(28)13(6-23)32-20)34-19-14(27)10(24)3-9(4-21)31-19/h8-29H,3-7H2,1-2H3/t8?,9?,10-,11-,12-,13?,14?,15?,16?,17?,18?,19?,20?/m1/s1. The molecule has 202 valence electrons. The van der Waals surface area contributed by atoms with Gasteiger partial charge in [-0.3, -0.25) is 0 Å². The van der Waals surface area contributed by atoms with E-state index in [9.17, 15) is 46.0 Å². The van der Waals surface area contributed by atoms with Gasteiger partial charge in [0.25, 0.3) is 0 Å². The highest BCUT2D eigenvalue weighted by Gasteiger charge is 2.50. The first-order valence-electron chi connectivity index (χ1n) is 11.1. The summed E-state index contributed by atoms with van der Waals surface area (Å²) in [6.45, 7) is -0.565. The molecule has 0 saturated carbocycles. The lowest BCUT2D eigenvalue weighted by atomic mass is 9.93. The second-order valence-electron chi connectivity index (χ2n) is 8.64. The molecule has 2 aliphatic rings. The van der Waals surface area contributed by atoms with Crippen LogP contribution in [0.25, 0.3) is 0 Å². The lowest BCUT2D eigenvalue weighted by Crippen LogP contribution is -2.64. The molecule has 0 aliphatic carbocycles. The van der Waals surface area contributed by atoms with Gasteiger partial charge in [0.15, 0.2) is 12.6 Å². The lowest BCUT2D eigenvalue weighted by molar-refractivity contribution is -0.360. The minimum absolute atomic E-state index is 0.0639. The average Bonchev–Trinajstić information content (AvgIpc) is 2.82. The summed E-state index contributed by atoms with van der Waals surface area (Å²) < 4.78 is 27.0. The molecule has 0 aromatic rings. The Morgan fingerprint density at radius 1 is 0.882 bits per heavy atom. The zero-order valence-corrected chi connectivity index (χ0v) is 19.1. The normalized spacial score (nSPS) is 40.5. The second kappa shape index (κ2) is 13.7. The van der Waals surface area contributed by atoms with Crippen molar-refractivity contribution in [2.24, 2.45) is 5.92 Å². The topological polar surface area (TPSA) is 228 Å². The Labute approximate surface area is 196 Å². The Kier molecular flexibility index (Phi) is 11.9. The maximum Gasteiger partial charge on any atom is 0.187 e. The lowest BCUT2D eigenvalue weighted by Gasteiger charge is -2.46. The first-order valence-corrected chi connectivity index (χ1v) is 11.1. The van der Waals surface area contributed by atoms with Crippen molar-refractivity contribution >= 4 is 0 Å². The number of aliphatic hydroxyl groups is 9. The van der Waals surface area contributed by atoms with Crippen LogP contribution in [0, 0.1) is 5.92 Å². The molecular weight excluding hydrogens is 464 g/mol. The Morgan fingerprint density at radius 2 is 1.56 bits per heavy atom. The summed E-state index contributed by atoms with van der Waals surface area (Å²) in [5.74, 6) is -0.867. The number of aliphatic hydroxyl groups excluding tert-OH is 9. The fourth-order valence-electron chi connectivity index (χ4n) is 4.00. The minimum atomic E-state index is -1.75. The Hall–Kier alpha value is -0.560. The predicted octanol–water partition coefficient (Wildman–Crippen LogP) is -4.98. The molecule has 2 heterocycles. The highest BCUT2D eigenvalue weighted by atomic mass is 16.7. The molecule has 10 unspecified atom stereocenters. The summed E-state index contributed by atoms with van der Waals surface area (Å²) in [5.41, 5.74) is 0. The maximum absolute atomic E-state index is 10.9. The van der Waals surface area contributed by atoms with Crippen molar-refractivity contribution in [3.05, 3.63) is 0 Å². The third kappa shape index (κ3) is 7.02. The van der Waals surface area contributed by atoms with E-state index in [4.69, 9.17) is 23.7 Å². The number of hydrogen-bond acceptors (Lipinski definition) is 14. The van der Waals surface area contributed by atoms with Gasteiger partial charge in [-0.05, 0) is 0 Å². The van der Waals surface area contributed by atoms with Gasteiger partial charge < -0.3 is 69.6 Å². The largest absolute Gasteiger partial charge is 0.394 e. The van der Waals surface area contributed by atoms with Crippen LogP contribution in [-0.4, -0.2) is 153 Å². The van der Waals surface area contributed by atoms with Crippen LogP contribution in [0.15, 0.2) is 0 Å². The van der Waals surface area contributed by atoms with Gasteiger partial charge in [0, 0.05) is 19.4 Å². The first kappa shape index (κ1) is 29.7.